The van der Waals surface area contributed by atoms with Crippen LogP contribution in [-0.4, -0.2) is 23.8 Å². The Bertz CT molecular complexity index is 2730. The van der Waals surface area contributed by atoms with Gasteiger partial charge in [0.2, 0.25) is 5.56 Å². The Morgan fingerprint density at radius 1 is 0.894 bits per heavy atom. The fraction of sp³-hybridized carbons (Fsp3) is 0.282. The van der Waals surface area contributed by atoms with E-state index in [9.17, 15) is 4.79 Å². The maximum absolute atomic E-state index is 12.1. The van der Waals surface area contributed by atoms with E-state index < -0.39 is 6.85 Å². The van der Waals surface area contributed by atoms with E-state index >= 15 is 0 Å². The molecule has 1 aliphatic rings. The van der Waals surface area contributed by atoms with E-state index in [1.165, 1.54) is 0 Å². The normalized spacial score (nSPS) is 16.3. The molecule has 6 heterocycles. The first kappa shape index (κ1) is 27.7. The quantitative estimate of drug-likeness (QED) is 0.114. The van der Waals surface area contributed by atoms with Gasteiger partial charge in [-0.1, -0.05) is 71.5 Å². The number of aromatic nitrogens is 5. The molecule has 0 bridgehead atoms. The van der Waals surface area contributed by atoms with Crippen molar-refractivity contribution in [1.29, 1.82) is 0 Å². The summed E-state index contributed by atoms with van der Waals surface area (Å²) in [6.07, 6.45) is 3.70. The molecule has 3 aromatic carbocycles. The van der Waals surface area contributed by atoms with Crippen LogP contribution < -0.4 is 5.56 Å². The van der Waals surface area contributed by atoms with E-state index in [2.05, 4.69) is 75.0 Å². The summed E-state index contributed by atoms with van der Waals surface area (Å²) in [6, 6.07) is 23.2. The molecule has 8 heteroatoms. The SMILES string of the molecule is CC(C)(C)c1ccnc2c1oc1nc(=O)c3ccc[c-]c3n12.[2H]C([2H])([2H])c1ccc2c3c1c1ccc[c-]c1c1ncc(n13)C(C)(C)C2(C)C.[Ir]. The Balaban J connectivity index is 0.000000157. The van der Waals surface area contributed by atoms with Gasteiger partial charge < -0.3 is 8.82 Å². The van der Waals surface area contributed by atoms with Crippen LogP contribution in [0.3, 0.4) is 0 Å². The minimum atomic E-state index is -2.19. The predicted molar refractivity (Wildman–Crippen MR) is 184 cm³/mol. The van der Waals surface area contributed by atoms with E-state index in [0.717, 1.165) is 44.1 Å². The largest absolute Gasteiger partial charge is 0.421 e. The van der Waals surface area contributed by atoms with Gasteiger partial charge in [-0.05, 0) is 40.2 Å². The van der Waals surface area contributed by atoms with Gasteiger partial charge in [0, 0.05) is 64.2 Å². The van der Waals surface area contributed by atoms with Crippen molar-refractivity contribution >= 4 is 55.3 Å². The minimum Gasteiger partial charge on any atom is -0.421 e. The smallest absolute Gasteiger partial charge is 0.309 e. The third-order valence-electron chi connectivity index (χ3n) is 10.2. The number of benzene rings is 3. The Kier molecular flexibility index (Phi) is 6.07. The van der Waals surface area contributed by atoms with Crippen molar-refractivity contribution in [2.75, 3.05) is 0 Å². The van der Waals surface area contributed by atoms with Crippen LogP contribution >= 0.6 is 0 Å². The molecule has 47 heavy (non-hydrogen) atoms. The van der Waals surface area contributed by atoms with E-state index in [4.69, 9.17) is 13.5 Å². The summed E-state index contributed by atoms with van der Waals surface area (Å²) in [6.45, 7) is 13.1. The summed E-state index contributed by atoms with van der Waals surface area (Å²) in [5, 5.41) is 3.08. The molecule has 0 N–H and O–H groups in total. The fourth-order valence-electron chi connectivity index (χ4n) is 7.01. The van der Waals surface area contributed by atoms with Crippen molar-refractivity contribution in [2.24, 2.45) is 0 Å². The van der Waals surface area contributed by atoms with Crippen molar-refractivity contribution in [3.8, 4) is 0 Å². The standard InChI is InChI=1S/C22H21N2.C17H14N3O2.Ir/c1-13-10-11-16-19-18(13)14-8-6-7-9-15(14)20-23-12-17(24(19)20)22(4,5)21(16,2)3;1-17(2,3)11-8-9-18-14-13(11)22-16-19-15(21)10-6-4-5-7-12(10)20(14)16;/h6-8,10-12H,1-5H3;4-6,8-9H,1-3H3;/q2*-1;/i1D3;;. The summed E-state index contributed by atoms with van der Waals surface area (Å²) in [4.78, 5) is 25.3. The van der Waals surface area contributed by atoms with Gasteiger partial charge in [0.1, 0.15) is 0 Å². The van der Waals surface area contributed by atoms with Gasteiger partial charge >= 0.3 is 5.84 Å². The first-order valence-corrected chi connectivity index (χ1v) is 15.4. The summed E-state index contributed by atoms with van der Waals surface area (Å²) in [7, 11) is 0. The summed E-state index contributed by atoms with van der Waals surface area (Å²) in [5.74, 6) is 0.249. The second-order valence-electron chi connectivity index (χ2n) is 14.2. The van der Waals surface area contributed by atoms with Gasteiger partial charge in [-0.15, -0.1) is 29.7 Å². The summed E-state index contributed by atoms with van der Waals surface area (Å²) >= 11 is 0. The zero-order valence-electron chi connectivity index (χ0n) is 30.2. The molecule has 5 aromatic heterocycles. The number of hydrogen-bond acceptors (Lipinski definition) is 5. The molecule has 0 spiro atoms. The van der Waals surface area contributed by atoms with E-state index in [0.29, 0.717) is 27.7 Å². The molecule has 1 aliphatic heterocycles. The Morgan fingerprint density at radius 3 is 2.38 bits per heavy atom. The van der Waals surface area contributed by atoms with Crippen LogP contribution in [0.2, 0.25) is 0 Å². The summed E-state index contributed by atoms with van der Waals surface area (Å²) < 4.78 is 34.1. The maximum atomic E-state index is 12.1. The van der Waals surface area contributed by atoms with Gasteiger partial charge in [0.25, 0.3) is 0 Å². The monoisotopic (exact) mass is 801 g/mol. The number of para-hydroxylation sites is 1. The molecule has 1 radical (unpaired) electrons. The summed E-state index contributed by atoms with van der Waals surface area (Å²) in [5.41, 5.74) is 6.72. The predicted octanol–water partition coefficient (Wildman–Crippen LogP) is 8.40. The first-order chi connectivity index (χ1) is 23.0. The average molecular weight is 801 g/mol. The third kappa shape index (κ3) is 4.20. The number of nitrogens with zero attached hydrogens (tertiary/aromatic N) is 5. The zero-order chi connectivity index (χ0) is 34.8. The van der Waals surface area contributed by atoms with Gasteiger partial charge in [0.15, 0.2) is 11.2 Å². The van der Waals surface area contributed by atoms with Crippen molar-refractivity contribution < 1.29 is 28.6 Å². The van der Waals surface area contributed by atoms with Gasteiger partial charge in [0.05, 0.1) is 5.65 Å². The molecule has 0 amide bonds. The molecule has 8 aromatic rings. The van der Waals surface area contributed by atoms with Crippen molar-refractivity contribution in [2.45, 2.75) is 71.6 Å². The molecule has 0 saturated heterocycles. The molecule has 0 fully saturated rings. The van der Waals surface area contributed by atoms with Crippen LogP contribution in [-0.2, 0) is 36.4 Å². The zero-order valence-corrected chi connectivity index (χ0v) is 29.6. The molecule has 9 rings (SSSR count). The third-order valence-corrected chi connectivity index (χ3v) is 10.2. The maximum Gasteiger partial charge on any atom is 0.309 e. The van der Waals surface area contributed by atoms with E-state index in [1.54, 1.807) is 34.9 Å². The second kappa shape index (κ2) is 10.3. The number of hydrogen-bond donors (Lipinski definition) is 0. The molecule has 7 nitrogen and oxygen atoms in total. The number of aryl methyl sites for hydroxylation is 1. The molecule has 0 aliphatic carbocycles. The van der Waals surface area contributed by atoms with Crippen LogP contribution in [0.1, 0.15) is 75.0 Å². The average Bonchev–Trinajstić information content (AvgIpc) is 3.66. The van der Waals surface area contributed by atoms with Crippen LogP contribution in [0, 0.1) is 19.0 Å². The van der Waals surface area contributed by atoms with Gasteiger partial charge in [-0.3, -0.25) is 14.2 Å². The van der Waals surface area contributed by atoms with Gasteiger partial charge in [-0.2, -0.15) is 29.2 Å². The molecule has 0 unspecified atom stereocenters. The minimum absolute atomic E-state index is 0. The first-order valence-electron chi connectivity index (χ1n) is 16.9. The Hall–Kier alpha value is -4.39. The number of pyridine rings is 2. The van der Waals surface area contributed by atoms with Crippen LogP contribution in [0.4, 0.5) is 0 Å². The molecular formula is C39H35IrN5O2-2. The molecule has 239 valence electrons. The van der Waals surface area contributed by atoms with E-state index in [1.807, 2.05) is 36.5 Å². The topological polar surface area (TPSA) is 77.7 Å². The Morgan fingerprint density at radius 2 is 1.64 bits per heavy atom. The molecule has 0 atom stereocenters. The Labute approximate surface area is 290 Å². The van der Waals surface area contributed by atoms with Crippen molar-refractivity contribution in [3.05, 3.63) is 112 Å². The number of oxazole rings is 1. The number of rotatable bonds is 0. The van der Waals surface area contributed by atoms with Crippen molar-refractivity contribution in [3.63, 3.8) is 0 Å². The van der Waals surface area contributed by atoms with Crippen LogP contribution in [0.5, 0.6) is 0 Å². The van der Waals surface area contributed by atoms with Gasteiger partial charge in [-0.25, -0.2) is 4.98 Å². The number of fused-ring (bicyclic) bond motifs is 8. The number of imidazole rings is 1. The second-order valence-corrected chi connectivity index (χ2v) is 14.2. The van der Waals surface area contributed by atoms with Crippen molar-refractivity contribution in [1.82, 2.24) is 23.8 Å². The molecule has 0 saturated carbocycles. The van der Waals surface area contributed by atoms with E-state index in [-0.39, 0.29) is 47.8 Å². The molecular weight excluding hydrogens is 763 g/mol. The van der Waals surface area contributed by atoms with Crippen LogP contribution in [0.15, 0.2) is 76.2 Å². The van der Waals surface area contributed by atoms with Crippen LogP contribution in [0.25, 0.3) is 55.3 Å². The fourth-order valence-corrected chi connectivity index (χ4v) is 7.01.